The fourth-order valence-electron chi connectivity index (χ4n) is 1.26. The molecule has 5 nitrogen and oxygen atoms in total. The van der Waals surface area contributed by atoms with Gasteiger partial charge in [-0.25, -0.2) is 0 Å². The Balaban J connectivity index is 2.87. The minimum Gasteiger partial charge on any atom is -0.481 e. The molecule has 0 aromatic carbocycles. The van der Waals surface area contributed by atoms with E-state index in [4.69, 9.17) is 5.11 Å². The molecule has 0 spiro atoms. The van der Waals surface area contributed by atoms with Crippen molar-refractivity contribution in [3.63, 3.8) is 0 Å². The highest BCUT2D eigenvalue weighted by Crippen LogP contribution is 2.20. The Kier molecular flexibility index (Phi) is 4.24. The highest BCUT2D eigenvalue weighted by atomic mass is 19.4. The Hall–Kier alpha value is -2.12. The van der Waals surface area contributed by atoms with Crippen LogP contribution in [0.3, 0.4) is 0 Å². The molecule has 1 aromatic rings. The summed E-state index contributed by atoms with van der Waals surface area (Å²) in [6.07, 6.45) is -3.11. The van der Waals surface area contributed by atoms with Gasteiger partial charge in [-0.05, 0) is 17.7 Å². The quantitative estimate of drug-likeness (QED) is 0.856. The number of nitrogens with one attached hydrogen (secondary N) is 1. The lowest BCUT2D eigenvalue weighted by Gasteiger charge is -2.18. The van der Waals surface area contributed by atoms with E-state index in [1.165, 1.54) is 24.5 Å². The Morgan fingerprint density at radius 2 is 1.89 bits per heavy atom. The summed E-state index contributed by atoms with van der Waals surface area (Å²) in [6.45, 7) is 0. The molecule has 0 aliphatic rings. The van der Waals surface area contributed by atoms with Gasteiger partial charge in [-0.15, -0.1) is 0 Å². The number of carbonyl (C=O) groups excluding carboxylic acids is 1. The Morgan fingerprint density at radius 3 is 2.33 bits per heavy atom. The van der Waals surface area contributed by atoms with Crippen LogP contribution in [0.5, 0.6) is 0 Å². The Bertz CT molecular complexity index is 434. The summed E-state index contributed by atoms with van der Waals surface area (Å²) in [4.78, 5) is 25.0. The Morgan fingerprint density at radius 1 is 1.33 bits per heavy atom. The van der Waals surface area contributed by atoms with Gasteiger partial charge in [0.05, 0.1) is 12.5 Å². The van der Waals surface area contributed by atoms with E-state index >= 15 is 0 Å². The van der Waals surface area contributed by atoms with Gasteiger partial charge in [0.1, 0.15) is 0 Å². The van der Waals surface area contributed by atoms with Crippen molar-refractivity contribution >= 4 is 11.9 Å². The van der Waals surface area contributed by atoms with Crippen LogP contribution in [0.15, 0.2) is 24.5 Å². The lowest BCUT2D eigenvalue weighted by atomic mass is 10.1. The van der Waals surface area contributed by atoms with Crippen LogP contribution in [-0.2, 0) is 9.59 Å². The summed E-state index contributed by atoms with van der Waals surface area (Å²) in [5, 5.41) is 10.2. The van der Waals surface area contributed by atoms with Crippen LogP contribution < -0.4 is 5.32 Å². The lowest BCUT2D eigenvalue weighted by Crippen LogP contribution is -2.39. The molecule has 1 heterocycles. The first-order chi connectivity index (χ1) is 8.30. The number of amides is 1. The average Bonchev–Trinajstić information content (AvgIpc) is 2.27. The van der Waals surface area contributed by atoms with E-state index in [1.54, 1.807) is 5.32 Å². The van der Waals surface area contributed by atoms with E-state index in [9.17, 15) is 22.8 Å². The monoisotopic (exact) mass is 262 g/mol. The third-order valence-electron chi connectivity index (χ3n) is 2.05. The van der Waals surface area contributed by atoms with Gasteiger partial charge in [-0.2, -0.15) is 13.2 Å². The molecule has 1 atom stereocenters. The summed E-state index contributed by atoms with van der Waals surface area (Å²) in [5.74, 6) is -3.50. The molecular formula is C10H9F3N2O3. The molecule has 8 heteroatoms. The molecule has 0 saturated heterocycles. The second-order valence-electron chi connectivity index (χ2n) is 3.40. The zero-order valence-corrected chi connectivity index (χ0v) is 8.94. The van der Waals surface area contributed by atoms with E-state index in [1.807, 2.05) is 0 Å². The summed E-state index contributed by atoms with van der Waals surface area (Å²) in [7, 11) is 0. The van der Waals surface area contributed by atoms with Gasteiger partial charge in [-0.3, -0.25) is 14.6 Å². The van der Waals surface area contributed by atoms with Crippen molar-refractivity contribution in [2.75, 3.05) is 0 Å². The summed E-state index contributed by atoms with van der Waals surface area (Å²) in [6, 6.07) is 1.42. The van der Waals surface area contributed by atoms with Crippen LogP contribution in [0.1, 0.15) is 18.0 Å². The molecule has 18 heavy (non-hydrogen) atoms. The number of carboxylic acid groups (broad SMARTS) is 1. The summed E-state index contributed by atoms with van der Waals surface area (Å²) >= 11 is 0. The molecule has 2 N–H and O–H groups in total. The number of alkyl halides is 3. The second-order valence-corrected chi connectivity index (χ2v) is 3.40. The van der Waals surface area contributed by atoms with Crippen LogP contribution in [0.25, 0.3) is 0 Å². The number of carbonyl (C=O) groups is 2. The van der Waals surface area contributed by atoms with E-state index < -0.39 is 30.5 Å². The molecular weight excluding hydrogens is 253 g/mol. The molecule has 0 bridgehead atoms. The fourth-order valence-corrected chi connectivity index (χ4v) is 1.26. The standard InChI is InChI=1S/C10H9F3N2O3/c11-10(12,13)9(18)15-7(5-8(16)17)6-1-3-14-4-2-6/h1-4,7H,5H2,(H,15,18)(H,16,17). The van der Waals surface area contributed by atoms with Gasteiger partial charge >= 0.3 is 18.1 Å². The van der Waals surface area contributed by atoms with Crippen LogP contribution >= 0.6 is 0 Å². The molecule has 98 valence electrons. The van der Waals surface area contributed by atoms with E-state index in [0.717, 1.165) is 0 Å². The number of aliphatic carboxylic acids is 1. The second kappa shape index (κ2) is 5.48. The third kappa shape index (κ3) is 4.04. The highest BCUT2D eigenvalue weighted by molar-refractivity contribution is 5.82. The predicted octanol–water partition coefficient (Wildman–Crippen LogP) is 1.28. The van der Waals surface area contributed by atoms with Crippen LogP contribution in [0.2, 0.25) is 0 Å². The summed E-state index contributed by atoms with van der Waals surface area (Å²) < 4.78 is 36.3. The minimum atomic E-state index is -5.05. The van der Waals surface area contributed by atoms with Crippen LogP contribution in [-0.4, -0.2) is 28.1 Å². The number of hydrogen-bond acceptors (Lipinski definition) is 3. The minimum absolute atomic E-state index is 0.241. The number of hydrogen-bond donors (Lipinski definition) is 2. The van der Waals surface area contributed by atoms with Crippen molar-refractivity contribution in [1.82, 2.24) is 10.3 Å². The maximum absolute atomic E-state index is 12.1. The first-order valence-corrected chi connectivity index (χ1v) is 4.80. The van der Waals surface area contributed by atoms with Crippen molar-refractivity contribution in [2.45, 2.75) is 18.6 Å². The van der Waals surface area contributed by atoms with E-state index in [-0.39, 0.29) is 5.56 Å². The van der Waals surface area contributed by atoms with Gasteiger partial charge in [0.15, 0.2) is 0 Å². The maximum Gasteiger partial charge on any atom is 0.471 e. The van der Waals surface area contributed by atoms with E-state index in [0.29, 0.717) is 0 Å². The van der Waals surface area contributed by atoms with E-state index in [2.05, 4.69) is 4.98 Å². The number of halogens is 3. The normalized spacial score (nSPS) is 12.8. The smallest absolute Gasteiger partial charge is 0.471 e. The maximum atomic E-state index is 12.1. The highest BCUT2D eigenvalue weighted by Gasteiger charge is 2.40. The number of aromatic nitrogens is 1. The zero-order valence-electron chi connectivity index (χ0n) is 8.94. The number of rotatable bonds is 4. The van der Waals surface area contributed by atoms with Crippen molar-refractivity contribution in [3.05, 3.63) is 30.1 Å². The zero-order chi connectivity index (χ0) is 13.8. The molecule has 1 aromatic heterocycles. The molecule has 0 saturated carbocycles. The molecule has 0 aliphatic carbocycles. The number of nitrogens with zero attached hydrogens (tertiary/aromatic N) is 1. The average molecular weight is 262 g/mol. The molecule has 1 rings (SSSR count). The van der Waals surface area contributed by atoms with Crippen molar-refractivity contribution < 1.29 is 27.9 Å². The molecule has 0 fully saturated rings. The largest absolute Gasteiger partial charge is 0.481 e. The summed E-state index contributed by atoms with van der Waals surface area (Å²) in [5.41, 5.74) is 0.241. The van der Waals surface area contributed by atoms with Crippen molar-refractivity contribution in [2.24, 2.45) is 0 Å². The van der Waals surface area contributed by atoms with Crippen molar-refractivity contribution in [3.8, 4) is 0 Å². The van der Waals surface area contributed by atoms with Gasteiger partial charge < -0.3 is 10.4 Å². The van der Waals surface area contributed by atoms with Gasteiger partial charge in [-0.1, -0.05) is 0 Å². The first kappa shape index (κ1) is 13.9. The molecule has 0 aliphatic heterocycles. The van der Waals surface area contributed by atoms with Gasteiger partial charge in [0.25, 0.3) is 0 Å². The predicted molar refractivity (Wildman–Crippen MR) is 53.4 cm³/mol. The lowest BCUT2D eigenvalue weighted by molar-refractivity contribution is -0.174. The molecule has 1 amide bonds. The topological polar surface area (TPSA) is 79.3 Å². The van der Waals surface area contributed by atoms with Gasteiger partial charge in [0.2, 0.25) is 0 Å². The molecule has 0 radical (unpaired) electrons. The van der Waals surface area contributed by atoms with Gasteiger partial charge in [0, 0.05) is 12.4 Å². The number of carboxylic acids is 1. The SMILES string of the molecule is O=C(O)CC(NC(=O)C(F)(F)F)c1ccncc1. The fraction of sp³-hybridized carbons (Fsp3) is 0.300. The van der Waals surface area contributed by atoms with Crippen LogP contribution in [0.4, 0.5) is 13.2 Å². The third-order valence-corrected chi connectivity index (χ3v) is 2.05. The molecule has 1 unspecified atom stereocenters. The number of pyridine rings is 1. The van der Waals surface area contributed by atoms with Crippen LogP contribution in [0, 0.1) is 0 Å². The first-order valence-electron chi connectivity index (χ1n) is 4.80. The Labute approximate surface area is 99.6 Å². The van der Waals surface area contributed by atoms with Crippen molar-refractivity contribution in [1.29, 1.82) is 0 Å².